The maximum atomic E-state index is 14.0. The van der Waals surface area contributed by atoms with Gasteiger partial charge in [0.25, 0.3) is 5.92 Å². The minimum absolute atomic E-state index is 0.00713. The quantitative estimate of drug-likeness (QED) is 0.838. The zero-order valence-electron chi connectivity index (χ0n) is 11.8. The van der Waals surface area contributed by atoms with Crippen molar-refractivity contribution in [3.8, 4) is 5.88 Å². The van der Waals surface area contributed by atoms with Crippen LogP contribution in [0.2, 0.25) is 0 Å². The van der Waals surface area contributed by atoms with Gasteiger partial charge in [-0.15, -0.1) is 0 Å². The molecule has 0 bridgehead atoms. The summed E-state index contributed by atoms with van der Waals surface area (Å²) >= 11 is 0. The van der Waals surface area contributed by atoms with Crippen LogP contribution in [0.25, 0.3) is 0 Å². The zero-order valence-corrected chi connectivity index (χ0v) is 11.8. The van der Waals surface area contributed by atoms with Gasteiger partial charge in [0.15, 0.2) is 0 Å². The van der Waals surface area contributed by atoms with E-state index in [1.165, 1.54) is 0 Å². The van der Waals surface area contributed by atoms with E-state index in [2.05, 4.69) is 10.3 Å². The fraction of sp³-hybridized carbons (Fsp3) is 0.615. The Morgan fingerprint density at radius 3 is 2.68 bits per heavy atom. The summed E-state index contributed by atoms with van der Waals surface area (Å²) < 4.78 is 71.1. The minimum Gasteiger partial charge on any atom is -0.481 e. The standard InChI is InChI=1S/C13H16F5N3O/c1-22-11-8(10(19)13(16,17)18)4-7(5-21-11)9-6-20-3-2-12(9,14)15/h4-5,9-10,20H,2-3,6,19H2,1H3. The molecule has 1 aliphatic heterocycles. The lowest BCUT2D eigenvalue weighted by Gasteiger charge is -2.32. The van der Waals surface area contributed by atoms with Crippen LogP contribution in [0.4, 0.5) is 22.0 Å². The summed E-state index contributed by atoms with van der Waals surface area (Å²) in [6.07, 6.45) is -4.00. The van der Waals surface area contributed by atoms with Gasteiger partial charge in [-0.2, -0.15) is 13.2 Å². The maximum absolute atomic E-state index is 14.0. The monoisotopic (exact) mass is 325 g/mol. The fourth-order valence-corrected chi connectivity index (χ4v) is 2.43. The van der Waals surface area contributed by atoms with E-state index in [1.807, 2.05) is 0 Å². The molecule has 2 unspecified atom stereocenters. The van der Waals surface area contributed by atoms with Crippen LogP contribution in [-0.2, 0) is 0 Å². The van der Waals surface area contributed by atoms with Gasteiger partial charge in [-0.25, -0.2) is 13.8 Å². The van der Waals surface area contributed by atoms with Crippen LogP contribution >= 0.6 is 0 Å². The molecule has 22 heavy (non-hydrogen) atoms. The van der Waals surface area contributed by atoms with Gasteiger partial charge in [-0.05, 0) is 11.6 Å². The van der Waals surface area contributed by atoms with Gasteiger partial charge >= 0.3 is 6.18 Å². The van der Waals surface area contributed by atoms with Gasteiger partial charge in [-0.1, -0.05) is 0 Å². The van der Waals surface area contributed by atoms with E-state index in [1.54, 1.807) is 0 Å². The molecule has 2 heterocycles. The van der Waals surface area contributed by atoms with Crippen LogP contribution < -0.4 is 15.8 Å². The van der Waals surface area contributed by atoms with Gasteiger partial charge in [0.05, 0.1) is 13.0 Å². The van der Waals surface area contributed by atoms with Crippen molar-refractivity contribution in [3.63, 3.8) is 0 Å². The Bertz CT molecular complexity index is 535. The van der Waals surface area contributed by atoms with Crippen LogP contribution in [0.1, 0.15) is 29.5 Å². The number of hydrogen-bond donors (Lipinski definition) is 2. The molecule has 1 aromatic rings. The summed E-state index contributed by atoms with van der Waals surface area (Å²) in [4.78, 5) is 3.71. The largest absolute Gasteiger partial charge is 0.481 e. The summed E-state index contributed by atoms with van der Waals surface area (Å²) in [5.74, 6) is -4.58. The molecule has 1 aromatic heterocycles. The third kappa shape index (κ3) is 3.30. The van der Waals surface area contributed by atoms with E-state index in [4.69, 9.17) is 10.5 Å². The number of rotatable bonds is 3. The predicted octanol–water partition coefficient (Wildman–Crippen LogP) is 2.36. The molecule has 0 saturated carbocycles. The molecule has 1 saturated heterocycles. The molecule has 2 rings (SSSR count). The van der Waals surface area contributed by atoms with Gasteiger partial charge in [0, 0.05) is 31.3 Å². The highest BCUT2D eigenvalue weighted by Gasteiger charge is 2.44. The number of pyridine rings is 1. The molecule has 124 valence electrons. The van der Waals surface area contributed by atoms with E-state index < -0.39 is 29.6 Å². The average Bonchev–Trinajstić information content (AvgIpc) is 2.44. The number of nitrogens with two attached hydrogens (primary N) is 1. The SMILES string of the molecule is COc1ncc(C2CNCCC2(F)F)cc1C(N)C(F)(F)F. The molecule has 9 heteroatoms. The third-order valence-electron chi connectivity index (χ3n) is 3.68. The van der Waals surface area contributed by atoms with Crippen molar-refractivity contribution < 1.29 is 26.7 Å². The van der Waals surface area contributed by atoms with Crippen LogP contribution in [-0.4, -0.2) is 37.3 Å². The maximum Gasteiger partial charge on any atom is 0.407 e. The van der Waals surface area contributed by atoms with Crippen molar-refractivity contribution in [1.29, 1.82) is 0 Å². The van der Waals surface area contributed by atoms with Gasteiger partial charge < -0.3 is 15.8 Å². The van der Waals surface area contributed by atoms with E-state index in [0.717, 1.165) is 19.4 Å². The molecular weight excluding hydrogens is 309 g/mol. The Hall–Kier alpha value is -1.48. The molecule has 0 aromatic carbocycles. The second-order valence-electron chi connectivity index (χ2n) is 5.15. The fourth-order valence-electron chi connectivity index (χ4n) is 2.43. The summed E-state index contributed by atoms with van der Waals surface area (Å²) in [5, 5.41) is 2.80. The first kappa shape index (κ1) is 16.9. The number of nitrogens with zero attached hydrogens (tertiary/aromatic N) is 1. The molecule has 0 aliphatic carbocycles. The summed E-state index contributed by atoms with van der Waals surface area (Å²) in [7, 11) is 1.14. The second-order valence-corrected chi connectivity index (χ2v) is 5.15. The molecule has 0 spiro atoms. The van der Waals surface area contributed by atoms with E-state index in [-0.39, 0.29) is 31.0 Å². The Kier molecular flexibility index (Phi) is 4.57. The van der Waals surface area contributed by atoms with Crippen molar-refractivity contribution in [2.75, 3.05) is 20.2 Å². The minimum atomic E-state index is -4.72. The number of methoxy groups -OCH3 is 1. The number of halogens is 5. The molecule has 4 nitrogen and oxygen atoms in total. The molecule has 1 aliphatic rings. The van der Waals surface area contributed by atoms with Crippen LogP contribution in [0.3, 0.4) is 0 Å². The normalized spacial score (nSPS) is 23.1. The number of ether oxygens (including phenoxy) is 1. The summed E-state index contributed by atoms with van der Waals surface area (Å²) in [6, 6.07) is -1.34. The second kappa shape index (κ2) is 5.96. The van der Waals surface area contributed by atoms with Gasteiger partial charge in [0.2, 0.25) is 5.88 Å². The number of alkyl halides is 5. The molecule has 2 atom stereocenters. The topological polar surface area (TPSA) is 60.2 Å². The summed E-state index contributed by atoms with van der Waals surface area (Å²) in [6.45, 7) is 0.115. The lowest BCUT2D eigenvalue weighted by molar-refractivity contribution is -0.149. The molecule has 0 amide bonds. The Balaban J connectivity index is 2.43. The number of aromatic nitrogens is 1. The molecular formula is C13H16F5N3O. The number of piperidine rings is 1. The van der Waals surface area contributed by atoms with Crippen molar-refractivity contribution >= 4 is 0 Å². The van der Waals surface area contributed by atoms with Crippen LogP contribution in [0.5, 0.6) is 5.88 Å². The first-order chi connectivity index (χ1) is 10.2. The molecule has 0 radical (unpaired) electrons. The first-order valence-corrected chi connectivity index (χ1v) is 6.61. The highest BCUT2D eigenvalue weighted by Crippen LogP contribution is 2.41. The first-order valence-electron chi connectivity index (χ1n) is 6.61. The zero-order chi connectivity index (χ0) is 16.5. The average molecular weight is 325 g/mol. The van der Waals surface area contributed by atoms with Crippen molar-refractivity contribution in [2.45, 2.75) is 30.5 Å². The van der Waals surface area contributed by atoms with E-state index in [9.17, 15) is 22.0 Å². The van der Waals surface area contributed by atoms with E-state index >= 15 is 0 Å². The van der Waals surface area contributed by atoms with Crippen molar-refractivity contribution in [3.05, 3.63) is 23.4 Å². The van der Waals surface area contributed by atoms with Crippen LogP contribution in [0, 0.1) is 0 Å². The lowest BCUT2D eigenvalue weighted by atomic mass is 9.87. The Morgan fingerprint density at radius 2 is 2.14 bits per heavy atom. The highest BCUT2D eigenvalue weighted by atomic mass is 19.4. The van der Waals surface area contributed by atoms with Gasteiger partial charge in [0.1, 0.15) is 6.04 Å². The Labute approximate surface area is 123 Å². The van der Waals surface area contributed by atoms with Crippen LogP contribution in [0.15, 0.2) is 12.3 Å². The highest BCUT2D eigenvalue weighted by molar-refractivity contribution is 5.36. The number of nitrogens with one attached hydrogen (secondary N) is 1. The lowest BCUT2D eigenvalue weighted by Crippen LogP contribution is -2.43. The Morgan fingerprint density at radius 1 is 1.45 bits per heavy atom. The predicted molar refractivity (Wildman–Crippen MR) is 68.9 cm³/mol. The van der Waals surface area contributed by atoms with Crippen molar-refractivity contribution in [1.82, 2.24) is 10.3 Å². The van der Waals surface area contributed by atoms with Crippen molar-refractivity contribution in [2.24, 2.45) is 5.73 Å². The third-order valence-corrected chi connectivity index (χ3v) is 3.68. The molecule has 3 N–H and O–H groups in total. The smallest absolute Gasteiger partial charge is 0.407 e. The van der Waals surface area contributed by atoms with E-state index in [0.29, 0.717) is 0 Å². The summed E-state index contributed by atoms with van der Waals surface area (Å²) in [5.41, 5.74) is 4.72. The molecule has 1 fully saturated rings. The number of hydrogen-bond acceptors (Lipinski definition) is 4. The van der Waals surface area contributed by atoms with Gasteiger partial charge in [-0.3, -0.25) is 0 Å².